The first-order valence-electron chi connectivity index (χ1n) is 9.15. The molecule has 162 valence electrons. The van der Waals surface area contributed by atoms with Crippen molar-refractivity contribution in [3.05, 3.63) is 69.8 Å². The summed E-state index contributed by atoms with van der Waals surface area (Å²) in [6.07, 6.45) is 0.233. The first-order valence-corrected chi connectivity index (χ1v) is 9.52. The van der Waals surface area contributed by atoms with Gasteiger partial charge in [0.1, 0.15) is 0 Å². The molecule has 1 amide bonds. The fourth-order valence-electron chi connectivity index (χ4n) is 3.07. The van der Waals surface area contributed by atoms with Gasteiger partial charge in [-0.25, -0.2) is 22.0 Å². The number of rotatable bonds is 6. The summed E-state index contributed by atoms with van der Waals surface area (Å²) in [5, 5.41) is 8.12. The molecule has 2 aromatic carbocycles. The first-order chi connectivity index (χ1) is 14.8. The molecule has 1 fully saturated rings. The number of halogens is 6. The number of carbonyl (C=O) groups is 1. The SMILES string of the molecule is O=C(Cc1c(F)c(F)c(F)c(F)c1F)N(Cc1nnc(-c2ccccc2Cl)o1)C1CC1. The van der Waals surface area contributed by atoms with Gasteiger partial charge < -0.3 is 9.32 Å². The molecular formula is C20H13ClF5N3O2. The van der Waals surface area contributed by atoms with Crippen molar-refractivity contribution in [3.63, 3.8) is 0 Å². The minimum atomic E-state index is -2.27. The van der Waals surface area contributed by atoms with E-state index in [1.54, 1.807) is 24.3 Å². The topological polar surface area (TPSA) is 59.2 Å². The number of benzene rings is 2. The molecule has 31 heavy (non-hydrogen) atoms. The third-order valence-corrected chi connectivity index (χ3v) is 5.14. The zero-order valence-electron chi connectivity index (χ0n) is 15.6. The van der Waals surface area contributed by atoms with Crippen molar-refractivity contribution in [2.75, 3.05) is 0 Å². The summed E-state index contributed by atoms with van der Waals surface area (Å²) in [5.74, 6) is -11.2. The highest BCUT2D eigenvalue weighted by Gasteiger charge is 2.35. The average Bonchev–Trinajstić information content (AvgIpc) is 3.50. The summed E-state index contributed by atoms with van der Waals surface area (Å²) in [6, 6.07) is 6.47. The van der Waals surface area contributed by atoms with Crippen molar-refractivity contribution in [2.24, 2.45) is 0 Å². The van der Waals surface area contributed by atoms with E-state index in [2.05, 4.69) is 10.2 Å². The Morgan fingerprint density at radius 2 is 1.61 bits per heavy atom. The van der Waals surface area contributed by atoms with Crippen LogP contribution in [0.3, 0.4) is 0 Å². The van der Waals surface area contributed by atoms with Crippen LogP contribution in [0.15, 0.2) is 28.7 Å². The number of nitrogens with zero attached hydrogens (tertiary/aromatic N) is 3. The number of amides is 1. The molecule has 0 bridgehead atoms. The summed E-state index contributed by atoms with van der Waals surface area (Å²) in [5.41, 5.74) is -0.706. The summed E-state index contributed by atoms with van der Waals surface area (Å²) >= 11 is 6.09. The van der Waals surface area contributed by atoms with Crippen LogP contribution in [0.2, 0.25) is 5.02 Å². The lowest BCUT2D eigenvalue weighted by Crippen LogP contribution is -2.34. The van der Waals surface area contributed by atoms with Crippen LogP contribution >= 0.6 is 11.6 Å². The standard InChI is InChI=1S/C20H13ClF5N3O2/c21-12-4-2-1-3-10(12)20-28-27-13(31-20)8-29(9-5-6-9)14(30)7-11-15(22)17(24)19(26)18(25)16(11)23/h1-4,9H,5-8H2. The van der Waals surface area contributed by atoms with Gasteiger partial charge >= 0.3 is 0 Å². The van der Waals surface area contributed by atoms with Crippen molar-refractivity contribution in [3.8, 4) is 11.5 Å². The monoisotopic (exact) mass is 457 g/mol. The second-order valence-corrected chi connectivity index (χ2v) is 7.37. The van der Waals surface area contributed by atoms with Gasteiger partial charge in [0.15, 0.2) is 23.3 Å². The quantitative estimate of drug-likeness (QED) is 0.302. The lowest BCUT2D eigenvalue weighted by molar-refractivity contribution is -0.132. The number of hydrogen-bond donors (Lipinski definition) is 0. The number of carbonyl (C=O) groups excluding carboxylic acids is 1. The predicted octanol–water partition coefficient (Wildman–Crippen LogP) is 4.82. The fourth-order valence-corrected chi connectivity index (χ4v) is 3.29. The van der Waals surface area contributed by atoms with E-state index < -0.39 is 47.0 Å². The van der Waals surface area contributed by atoms with Crippen molar-refractivity contribution >= 4 is 17.5 Å². The second-order valence-electron chi connectivity index (χ2n) is 6.96. The van der Waals surface area contributed by atoms with Gasteiger partial charge in [-0.1, -0.05) is 23.7 Å². The van der Waals surface area contributed by atoms with Crippen molar-refractivity contribution in [2.45, 2.75) is 31.8 Å². The highest BCUT2D eigenvalue weighted by atomic mass is 35.5. The molecule has 1 aliphatic rings. The molecule has 1 aliphatic carbocycles. The van der Waals surface area contributed by atoms with Crippen LogP contribution in [0, 0.1) is 29.1 Å². The van der Waals surface area contributed by atoms with Crippen LogP contribution in [0.1, 0.15) is 24.3 Å². The summed E-state index contributed by atoms with van der Waals surface area (Å²) in [7, 11) is 0. The first kappa shape index (κ1) is 21.2. The van der Waals surface area contributed by atoms with Crippen LogP contribution in [0.5, 0.6) is 0 Å². The van der Waals surface area contributed by atoms with Crippen LogP contribution in [-0.2, 0) is 17.8 Å². The molecule has 11 heteroatoms. The van der Waals surface area contributed by atoms with Gasteiger partial charge in [-0.2, -0.15) is 0 Å². The van der Waals surface area contributed by atoms with Crippen LogP contribution < -0.4 is 0 Å². The normalized spacial score (nSPS) is 13.5. The molecule has 0 spiro atoms. The number of hydrogen-bond acceptors (Lipinski definition) is 4. The van der Waals surface area contributed by atoms with E-state index in [0.717, 1.165) is 0 Å². The van der Waals surface area contributed by atoms with Crippen molar-refractivity contribution < 1.29 is 31.2 Å². The van der Waals surface area contributed by atoms with Gasteiger partial charge in [0, 0.05) is 11.6 Å². The lowest BCUT2D eigenvalue weighted by atomic mass is 10.1. The Morgan fingerprint density at radius 3 is 2.23 bits per heavy atom. The van der Waals surface area contributed by atoms with Gasteiger partial charge in [-0.15, -0.1) is 10.2 Å². The van der Waals surface area contributed by atoms with Crippen molar-refractivity contribution in [1.29, 1.82) is 0 Å². The maximum absolute atomic E-state index is 14.0. The van der Waals surface area contributed by atoms with Gasteiger partial charge in [0.25, 0.3) is 0 Å². The van der Waals surface area contributed by atoms with Crippen molar-refractivity contribution in [1.82, 2.24) is 15.1 Å². The van der Waals surface area contributed by atoms with Gasteiger partial charge in [0.2, 0.25) is 23.5 Å². The van der Waals surface area contributed by atoms with E-state index in [1.807, 2.05) is 0 Å². The largest absolute Gasteiger partial charge is 0.419 e. The highest BCUT2D eigenvalue weighted by molar-refractivity contribution is 6.33. The maximum Gasteiger partial charge on any atom is 0.249 e. The number of aromatic nitrogens is 2. The van der Waals surface area contributed by atoms with E-state index in [4.69, 9.17) is 16.0 Å². The molecular weight excluding hydrogens is 445 g/mol. The van der Waals surface area contributed by atoms with Crippen LogP contribution in [0.4, 0.5) is 22.0 Å². The molecule has 4 rings (SSSR count). The smallest absolute Gasteiger partial charge is 0.249 e. The van der Waals surface area contributed by atoms with E-state index in [0.29, 0.717) is 23.4 Å². The molecule has 3 aromatic rings. The molecule has 1 saturated carbocycles. The summed E-state index contributed by atoms with van der Waals surface area (Å²) in [4.78, 5) is 13.9. The molecule has 0 unspecified atom stereocenters. The Balaban J connectivity index is 1.56. The molecule has 0 N–H and O–H groups in total. The van der Waals surface area contributed by atoms with Gasteiger partial charge in [-0.3, -0.25) is 4.79 Å². The summed E-state index contributed by atoms with van der Waals surface area (Å²) < 4.78 is 73.6. The van der Waals surface area contributed by atoms with Gasteiger partial charge in [0.05, 0.1) is 23.6 Å². The Bertz CT molecular complexity index is 1140. The second kappa shape index (κ2) is 8.26. The average molecular weight is 458 g/mol. The zero-order chi connectivity index (χ0) is 22.3. The molecule has 0 radical (unpaired) electrons. The van der Waals surface area contributed by atoms with E-state index >= 15 is 0 Å². The van der Waals surface area contributed by atoms with Gasteiger partial charge in [-0.05, 0) is 25.0 Å². The van der Waals surface area contributed by atoms with Crippen LogP contribution in [0.25, 0.3) is 11.5 Å². The predicted molar refractivity (Wildman–Crippen MR) is 98.3 cm³/mol. The Kier molecular flexibility index (Phi) is 5.65. The molecule has 1 heterocycles. The van der Waals surface area contributed by atoms with Crippen LogP contribution in [-0.4, -0.2) is 27.0 Å². The fraction of sp³-hybridized carbons (Fsp3) is 0.250. The highest BCUT2D eigenvalue weighted by Crippen LogP contribution is 2.31. The minimum Gasteiger partial charge on any atom is -0.419 e. The zero-order valence-corrected chi connectivity index (χ0v) is 16.4. The van der Waals surface area contributed by atoms with E-state index in [-0.39, 0.29) is 24.4 Å². The van der Waals surface area contributed by atoms with E-state index in [1.165, 1.54) is 4.90 Å². The molecule has 0 saturated heterocycles. The molecule has 0 atom stereocenters. The molecule has 0 aliphatic heterocycles. The maximum atomic E-state index is 14.0. The summed E-state index contributed by atoms with van der Waals surface area (Å²) in [6.45, 7) is -0.184. The Labute approximate surface area is 177 Å². The Hall–Kier alpha value is -3.01. The lowest BCUT2D eigenvalue weighted by Gasteiger charge is -2.21. The third kappa shape index (κ3) is 4.12. The molecule has 1 aromatic heterocycles. The Morgan fingerprint density at radius 1 is 1.00 bits per heavy atom. The third-order valence-electron chi connectivity index (χ3n) is 4.81. The molecule has 5 nitrogen and oxygen atoms in total. The minimum absolute atomic E-state index is 0.0348. The van der Waals surface area contributed by atoms with E-state index in [9.17, 15) is 26.7 Å².